The molecule has 0 radical (unpaired) electrons. The van der Waals surface area contributed by atoms with Gasteiger partial charge in [-0.15, -0.1) is 0 Å². The molecule has 0 fully saturated rings. The molecule has 0 heterocycles. The number of carbonyl (C=O) groups is 1. The van der Waals surface area contributed by atoms with Gasteiger partial charge in [0.25, 0.3) is 5.91 Å². The lowest BCUT2D eigenvalue weighted by Crippen LogP contribution is -2.31. The van der Waals surface area contributed by atoms with E-state index in [1.54, 1.807) is 7.11 Å². The van der Waals surface area contributed by atoms with Gasteiger partial charge in [-0.1, -0.05) is 15.9 Å². The number of nitrogens with two attached hydrogens (primary N) is 1. The van der Waals surface area contributed by atoms with Gasteiger partial charge in [-0.25, -0.2) is 0 Å². The molecule has 0 aliphatic heterocycles. The van der Waals surface area contributed by atoms with Gasteiger partial charge in [0.15, 0.2) is 6.61 Å². The van der Waals surface area contributed by atoms with Crippen LogP contribution in [-0.4, -0.2) is 39.3 Å². The maximum absolute atomic E-state index is 11.6. The van der Waals surface area contributed by atoms with Crippen LogP contribution in [0.5, 0.6) is 5.75 Å². The van der Waals surface area contributed by atoms with E-state index in [-0.39, 0.29) is 12.5 Å². The van der Waals surface area contributed by atoms with Gasteiger partial charge in [0.05, 0.1) is 6.61 Å². The largest absolute Gasteiger partial charge is 0.483 e. The summed E-state index contributed by atoms with van der Waals surface area (Å²) in [4.78, 5) is 11.6. The molecular formula is C14H21BrN2O3. The van der Waals surface area contributed by atoms with Crippen LogP contribution in [0, 0.1) is 6.92 Å². The van der Waals surface area contributed by atoms with Crippen molar-refractivity contribution in [1.29, 1.82) is 0 Å². The standard InChI is InChI=1S/C14H21BrN2O3/c1-10-7-12(15)8-11(3-4-16)14(10)20-9-13(18)17-5-6-19-2/h7-8H,3-6,9,16H2,1-2H3,(H,17,18). The number of carbonyl (C=O) groups excluding carboxylic acids is 1. The summed E-state index contributed by atoms with van der Waals surface area (Å²) >= 11 is 3.45. The quantitative estimate of drug-likeness (QED) is 0.699. The zero-order valence-corrected chi connectivity index (χ0v) is 13.5. The maximum atomic E-state index is 11.6. The van der Waals surface area contributed by atoms with E-state index in [1.165, 1.54) is 0 Å². The summed E-state index contributed by atoms with van der Waals surface area (Å²) in [5.41, 5.74) is 7.59. The van der Waals surface area contributed by atoms with Crippen LogP contribution >= 0.6 is 15.9 Å². The molecule has 0 aromatic heterocycles. The highest BCUT2D eigenvalue weighted by molar-refractivity contribution is 9.10. The van der Waals surface area contributed by atoms with Crippen LogP contribution in [0.2, 0.25) is 0 Å². The van der Waals surface area contributed by atoms with E-state index < -0.39 is 0 Å². The van der Waals surface area contributed by atoms with E-state index in [9.17, 15) is 4.79 Å². The van der Waals surface area contributed by atoms with Crippen molar-refractivity contribution >= 4 is 21.8 Å². The van der Waals surface area contributed by atoms with Crippen molar-refractivity contribution in [1.82, 2.24) is 5.32 Å². The Morgan fingerprint density at radius 2 is 2.20 bits per heavy atom. The lowest BCUT2D eigenvalue weighted by molar-refractivity contribution is -0.123. The normalized spacial score (nSPS) is 10.4. The minimum atomic E-state index is -0.164. The van der Waals surface area contributed by atoms with Crippen molar-refractivity contribution in [3.63, 3.8) is 0 Å². The van der Waals surface area contributed by atoms with E-state index in [0.29, 0.717) is 26.1 Å². The zero-order chi connectivity index (χ0) is 15.0. The molecule has 1 aromatic carbocycles. The smallest absolute Gasteiger partial charge is 0.258 e. The van der Waals surface area contributed by atoms with Crippen molar-refractivity contribution in [3.8, 4) is 5.75 Å². The monoisotopic (exact) mass is 344 g/mol. The zero-order valence-electron chi connectivity index (χ0n) is 11.9. The Morgan fingerprint density at radius 1 is 1.45 bits per heavy atom. The number of benzene rings is 1. The molecule has 0 spiro atoms. The Labute approximate surface area is 127 Å². The molecule has 0 aliphatic carbocycles. The van der Waals surface area contributed by atoms with Crippen molar-refractivity contribution in [2.24, 2.45) is 5.73 Å². The highest BCUT2D eigenvalue weighted by Gasteiger charge is 2.10. The van der Waals surface area contributed by atoms with Gasteiger partial charge in [-0.3, -0.25) is 4.79 Å². The van der Waals surface area contributed by atoms with Gasteiger partial charge in [-0.05, 0) is 43.1 Å². The molecule has 0 atom stereocenters. The summed E-state index contributed by atoms with van der Waals surface area (Å²) in [6, 6.07) is 3.93. The van der Waals surface area contributed by atoms with Gasteiger partial charge in [0, 0.05) is 18.1 Å². The van der Waals surface area contributed by atoms with Crippen LogP contribution in [0.1, 0.15) is 11.1 Å². The predicted molar refractivity (Wildman–Crippen MR) is 82.0 cm³/mol. The van der Waals surface area contributed by atoms with Crippen molar-refractivity contribution < 1.29 is 14.3 Å². The SMILES string of the molecule is COCCNC(=O)COc1c(C)cc(Br)cc1CCN. The van der Waals surface area contributed by atoms with E-state index in [4.69, 9.17) is 15.2 Å². The van der Waals surface area contributed by atoms with Crippen molar-refractivity contribution in [2.45, 2.75) is 13.3 Å². The number of nitrogens with one attached hydrogen (secondary N) is 1. The Balaban J connectivity index is 2.64. The third-order valence-corrected chi connectivity index (χ3v) is 3.16. The summed E-state index contributed by atoms with van der Waals surface area (Å²) in [5.74, 6) is 0.573. The fourth-order valence-corrected chi connectivity index (χ4v) is 2.45. The van der Waals surface area contributed by atoms with E-state index in [0.717, 1.165) is 21.3 Å². The second-order valence-corrected chi connectivity index (χ2v) is 5.30. The van der Waals surface area contributed by atoms with Gasteiger partial charge in [0.1, 0.15) is 5.75 Å². The molecule has 1 amide bonds. The number of amides is 1. The summed E-state index contributed by atoms with van der Waals surface area (Å²) in [6.45, 7) is 3.44. The Morgan fingerprint density at radius 3 is 2.85 bits per heavy atom. The van der Waals surface area contributed by atoms with Crippen molar-refractivity contribution in [2.75, 3.05) is 33.4 Å². The summed E-state index contributed by atoms with van der Waals surface area (Å²) in [7, 11) is 1.59. The molecule has 5 nitrogen and oxygen atoms in total. The van der Waals surface area contributed by atoms with E-state index in [2.05, 4.69) is 21.2 Å². The molecule has 1 rings (SSSR count). The first-order chi connectivity index (χ1) is 9.58. The lowest BCUT2D eigenvalue weighted by Gasteiger charge is -2.14. The highest BCUT2D eigenvalue weighted by atomic mass is 79.9. The molecular weight excluding hydrogens is 324 g/mol. The van der Waals surface area contributed by atoms with Crippen LogP contribution < -0.4 is 15.8 Å². The second-order valence-electron chi connectivity index (χ2n) is 4.38. The first kappa shape index (κ1) is 16.9. The number of hydrogen-bond acceptors (Lipinski definition) is 4. The summed E-state index contributed by atoms with van der Waals surface area (Å²) in [5, 5.41) is 2.71. The van der Waals surface area contributed by atoms with Gasteiger partial charge >= 0.3 is 0 Å². The number of methoxy groups -OCH3 is 1. The number of hydrogen-bond donors (Lipinski definition) is 2. The van der Waals surface area contributed by atoms with Gasteiger partial charge in [-0.2, -0.15) is 0 Å². The number of ether oxygens (including phenoxy) is 2. The average Bonchev–Trinajstić information content (AvgIpc) is 2.38. The average molecular weight is 345 g/mol. The summed E-state index contributed by atoms with van der Waals surface area (Å²) in [6.07, 6.45) is 0.709. The maximum Gasteiger partial charge on any atom is 0.258 e. The topological polar surface area (TPSA) is 73.6 Å². The molecule has 0 saturated heterocycles. The van der Waals surface area contributed by atoms with E-state index >= 15 is 0 Å². The molecule has 0 bridgehead atoms. The third kappa shape index (κ3) is 5.48. The Bertz CT molecular complexity index is 452. The molecule has 0 aliphatic rings. The fraction of sp³-hybridized carbons (Fsp3) is 0.500. The van der Waals surface area contributed by atoms with Crippen molar-refractivity contribution in [3.05, 3.63) is 27.7 Å². The Kier molecular flexibility index (Phi) is 7.58. The fourth-order valence-electron chi connectivity index (χ4n) is 1.83. The molecule has 0 saturated carbocycles. The van der Waals surface area contributed by atoms with Crippen LogP contribution in [0.3, 0.4) is 0 Å². The number of halogens is 1. The first-order valence-corrected chi connectivity index (χ1v) is 7.25. The van der Waals surface area contributed by atoms with Crippen LogP contribution in [-0.2, 0) is 16.0 Å². The number of rotatable bonds is 8. The minimum Gasteiger partial charge on any atom is -0.483 e. The minimum absolute atomic E-state index is 0.0102. The third-order valence-electron chi connectivity index (χ3n) is 2.71. The number of aryl methyl sites for hydroxylation is 1. The molecule has 0 unspecified atom stereocenters. The first-order valence-electron chi connectivity index (χ1n) is 6.46. The van der Waals surface area contributed by atoms with Crippen LogP contribution in [0.15, 0.2) is 16.6 Å². The van der Waals surface area contributed by atoms with Crippen LogP contribution in [0.25, 0.3) is 0 Å². The summed E-state index contributed by atoms with van der Waals surface area (Å²) < 4.78 is 11.5. The molecule has 112 valence electrons. The predicted octanol–water partition coefficient (Wildman–Crippen LogP) is 1.40. The van der Waals surface area contributed by atoms with Crippen LogP contribution in [0.4, 0.5) is 0 Å². The molecule has 1 aromatic rings. The molecule has 6 heteroatoms. The lowest BCUT2D eigenvalue weighted by atomic mass is 10.1. The molecule has 20 heavy (non-hydrogen) atoms. The van der Waals surface area contributed by atoms with Gasteiger partial charge in [0.2, 0.25) is 0 Å². The second kappa shape index (κ2) is 8.94. The molecule has 3 N–H and O–H groups in total. The highest BCUT2D eigenvalue weighted by Crippen LogP contribution is 2.28. The Hall–Kier alpha value is -1.11. The van der Waals surface area contributed by atoms with Gasteiger partial charge < -0.3 is 20.5 Å². The van der Waals surface area contributed by atoms with E-state index in [1.807, 2.05) is 19.1 Å².